The molecule has 1 aromatic rings. The van der Waals surface area contributed by atoms with Crippen molar-refractivity contribution in [2.45, 2.75) is 12.8 Å². The van der Waals surface area contributed by atoms with Crippen molar-refractivity contribution in [1.82, 2.24) is 0 Å². The molecule has 106 valence electrons. The number of rotatable bonds is 6. The third-order valence-electron chi connectivity index (χ3n) is 3.76. The summed E-state index contributed by atoms with van der Waals surface area (Å²) in [6.45, 7) is 1.43. The molecule has 2 N–H and O–H groups in total. The summed E-state index contributed by atoms with van der Waals surface area (Å²) in [6, 6.07) is 7.74. The van der Waals surface area contributed by atoms with Crippen LogP contribution in [0.3, 0.4) is 0 Å². The van der Waals surface area contributed by atoms with Gasteiger partial charge in [0.2, 0.25) is 0 Å². The van der Waals surface area contributed by atoms with E-state index in [9.17, 15) is 0 Å². The van der Waals surface area contributed by atoms with Gasteiger partial charge < -0.3 is 15.2 Å². The zero-order valence-electron chi connectivity index (χ0n) is 11.5. The van der Waals surface area contributed by atoms with Crippen LogP contribution in [0.15, 0.2) is 24.3 Å². The Bertz CT molecular complexity index is 363. The second-order valence-electron chi connectivity index (χ2n) is 4.93. The molecule has 1 aromatic carbocycles. The molecule has 0 radical (unpaired) electrons. The fourth-order valence-corrected chi connectivity index (χ4v) is 3.60. The number of hydrogen-bond acceptors (Lipinski definition) is 4. The predicted molar refractivity (Wildman–Crippen MR) is 81.1 cm³/mol. The largest absolute Gasteiger partial charge is 0.497 e. The van der Waals surface area contributed by atoms with E-state index in [1.54, 1.807) is 7.11 Å². The molecule has 1 aliphatic rings. The average molecular weight is 281 g/mol. The molecule has 1 unspecified atom stereocenters. The maximum Gasteiger partial charge on any atom is 0.119 e. The second kappa shape index (κ2) is 7.65. The van der Waals surface area contributed by atoms with Gasteiger partial charge in [0.15, 0.2) is 0 Å². The van der Waals surface area contributed by atoms with Gasteiger partial charge in [-0.1, -0.05) is 0 Å². The summed E-state index contributed by atoms with van der Waals surface area (Å²) in [7, 11) is 1.67. The molecular formula is C15H23NO2S. The highest BCUT2D eigenvalue weighted by Gasteiger charge is 2.23. The molecule has 0 aromatic heterocycles. The van der Waals surface area contributed by atoms with E-state index in [0.29, 0.717) is 12.5 Å². The summed E-state index contributed by atoms with van der Waals surface area (Å²) in [5.41, 5.74) is 5.91. The van der Waals surface area contributed by atoms with Crippen molar-refractivity contribution < 1.29 is 9.47 Å². The molecule has 1 heterocycles. The maximum absolute atomic E-state index is 5.91. The van der Waals surface area contributed by atoms with Gasteiger partial charge in [-0.05, 0) is 61.1 Å². The molecule has 3 nitrogen and oxygen atoms in total. The molecular weight excluding hydrogens is 258 g/mol. The Morgan fingerprint density at radius 3 is 2.42 bits per heavy atom. The molecule has 0 bridgehead atoms. The molecule has 0 aliphatic carbocycles. The van der Waals surface area contributed by atoms with Crippen LogP contribution in [0, 0.1) is 11.8 Å². The van der Waals surface area contributed by atoms with Crippen LogP contribution in [0.5, 0.6) is 11.5 Å². The lowest BCUT2D eigenvalue weighted by atomic mass is 9.88. The topological polar surface area (TPSA) is 44.5 Å². The molecule has 4 heteroatoms. The van der Waals surface area contributed by atoms with Gasteiger partial charge in [0.05, 0.1) is 13.7 Å². The van der Waals surface area contributed by atoms with Crippen molar-refractivity contribution in [3.05, 3.63) is 24.3 Å². The zero-order chi connectivity index (χ0) is 13.5. The van der Waals surface area contributed by atoms with Gasteiger partial charge in [0.1, 0.15) is 11.5 Å². The summed E-state index contributed by atoms with van der Waals surface area (Å²) in [5.74, 6) is 5.48. The summed E-state index contributed by atoms with van der Waals surface area (Å²) in [5, 5.41) is 0. The van der Waals surface area contributed by atoms with E-state index in [1.807, 2.05) is 36.0 Å². The third-order valence-corrected chi connectivity index (χ3v) is 4.81. The van der Waals surface area contributed by atoms with E-state index >= 15 is 0 Å². The number of hydrogen-bond donors (Lipinski definition) is 1. The highest BCUT2D eigenvalue weighted by atomic mass is 32.2. The lowest BCUT2D eigenvalue weighted by Gasteiger charge is -2.29. The van der Waals surface area contributed by atoms with Gasteiger partial charge in [-0.3, -0.25) is 0 Å². The van der Waals surface area contributed by atoms with E-state index in [0.717, 1.165) is 24.0 Å². The number of benzene rings is 1. The summed E-state index contributed by atoms with van der Waals surface area (Å²) in [4.78, 5) is 0. The summed E-state index contributed by atoms with van der Waals surface area (Å²) < 4.78 is 11.0. The molecule has 1 saturated heterocycles. The minimum absolute atomic E-state index is 0.475. The molecule has 1 aliphatic heterocycles. The van der Waals surface area contributed by atoms with E-state index < -0.39 is 0 Å². The molecule has 19 heavy (non-hydrogen) atoms. The predicted octanol–water partition coefficient (Wildman–Crippen LogP) is 2.79. The van der Waals surface area contributed by atoms with Crippen LogP contribution in [0.4, 0.5) is 0 Å². The van der Waals surface area contributed by atoms with Crippen LogP contribution < -0.4 is 15.2 Å². The van der Waals surface area contributed by atoms with Crippen molar-refractivity contribution in [3.63, 3.8) is 0 Å². The normalized spacial score (nSPS) is 18.0. The highest BCUT2D eigenvalue weighted by molar-refractivity contribution is 7.99. The number of ether oxygens (including phenoxy) is 2. The first-order valence-corrected chi connectivity index (χ1v) is 8.03. The van der Waals surface area contributed by atoms with Gasteiger partial charge in [0, 0.05) is 5.92 Å². The van der Waals surface area contributed by atoms with Gasteiger partial charge >= 0.3 is 0 Å². The Morgan fingerprint density at radius 2 is 1.84 bits per heavy atom. The van der Waals surface area contributed by atoms with Gasteiger partial charge in [-0.2, -0.15) is 11.8 Å². The van der Waals surface area contributed by atoms with Gasteiger partial charge in [0.25, 0.3) is 0 Å². The number of methoxy groups -OCH3 is 1. The third kappa shape index (κ3) is 4.32. The van der Waals surface area contributed by atoms with Crippen LogP contribution in [0.25, 0.3) is 0 Å². The van der Waals surface area contributed by atoms with Crippen LogP contribution in [0.1, 0.15) is 12.8 Å². The molecule has 0 spiro atoms. The minimum atomic E-state index is 0.475. The maximum atomic E-state index is 5.91. The zero-order valence-corrected chi connectivity index (χ0v) is 12.3. The summed E-state index contributed by atoms with van der Waals surface area (Å²) >= 11 is 2.05. The number of thioether (sulfide) groups is 1. The number of nitrogens with two attached hydrogens (primary N) is 1. The standard InChI is InChI=1S/C15H23NO2S/c1-17-14-2-4-15(5-3-14)18-11-13(10-16)12-6-8-19-9-7-12/h2-5,12-13H,6-11,16H2,1H3. The molecule has 2 rings (SSSR count). The molecule has 0 amide bonds. The van der Waals surface area contributed by atoms with Crippen molar-refractivity contribution >= 4 is 11.8 Å². The van der Waals surface area contributed by atoms with Crippen LogP contribution in [-0.4, -0.2) is 31.8 Å². The monoisotopic (exact) mass is 281 g/mol. The first-order chi connectivity index (χ1) is 9.33. The molecule has 1 fully saturated rings. The van der Waals surface area contributed by atoms with Crippen molar-refractivity contribution in [2.24, 2.45) is 17.6 Å². The van der Waals surface area contributed by atoms with E-state index in [2.05, 4.69) is 0 Å². The lowest BCUT2D eigenvalue weighted by Crippen LogP contribution is -2.31. The highest BCUT2D eigenvalue weighted by Crippen LogP contribution is 2.29. The van der Waals surface area contributed by atoms with Gasteiger partial charge in [-0.25, -0.2) is 0 Å². The Labute approximate surface area is 119 Å². The van der Waals surface area contributed by atoms with Crippen molar-refractivity contribution in [3.8, 4) is 11.5 Å². The molecule has 0 saturated carbocycles. The quantitative estimate of drug-likeness (QED) is 0.871. The first kappa shape index (κ1) is 14.5. The van der Waals surface area contributed by atoms with Crippen molar-refractivity contribution in [1.29, 1.82) is 0 Å². The smallest absolute Gasteiger partial charge is 0.119 e. The lowest BCUT2D eigenvalue weighted by molar-refractivity contribution is 0.190. The second-order valence-corrected chi connectivity index (χ2v) is 6.16. The fraction of sp³-hybridized carbons (Fsp3) is 0.600. The Hall–Kier alpha value is -0.870. The molecule has 1 atom stereocenters. The van der Waals surface area contributed by atoms with E-state index in [-0.39, 0.29) is 0 Å². The average Bonchev–Trinajstić information content (AvgIpc) is 2.49. The summed E-state index contributed by atoms with van der Waals surface area (Å²) in [6.07, 6.45) is 2.55. The minimum Gasteiger partial charge on any atom is -0.497 e. The van der Waals surface area contributed by atoms with Crippen molar-refractivity contribution in [2.75, 3.05) is 31.8 Å². The fourth-order valence-electron chi connectivity index (χ4n) is 2.46. The van der Waals surface area contributed by atoms with E-state index in [4.69, 9.17) is 15.2 Å². The van der Waals surface area contributed by atoms with E-state index in [1.165, 1.54) is 24.3 Å². The first-order valence-electron chi connectivity index (χ1n) is 6.88. The Morgan fingerprint density at radius 1 is 1.21 bits per heavy atom. The van der Waals surface area contributed by atoms with Crippen LogP contribution in [0.2, 0.25) is 0 Å². The van der Waals surface area contributed by atoms with Gasteiger partial charge in [-0.15, -0.1) is 0 Å². The van der Waals surface area contributed by atoms with Crippen LogP contribution in [-0.2, 0) is 0 Å². The van der Waals surface area contributed by atoms with Crippen LogP contribution >= 0.6 is 11.8 Å². The SMILES string of the molecule is COc1ccc(OCC(CN)C2CCSCC2)cc1. The Balaban J connectivity index is 1.84. The Kier molecular flexibility index (Phi) is 5.86.